The van der Waals surface area contributed by atoms with E-state index in [9.17, 15) is 4.79 Å². The number of hydrogen-bond acceptors (Lipinski definition) is 3. The summed E-state index contributed by atoms with van der Waals surface area (Å²) in [4.78, 5) is 21.6. The van der Waals surface area contributed by atoms with E-state index >= 15 is 0 Å². The van der Waals surface area contributed by atoms with Crippen LogP contribution in [0.15, 0.2) is 73.1 Å². The molecule has 0 radical (unpaired) electrons. The average Bonchev–Trinajstić information content (AvgIpc) is 3.01. The number of nitrogens with zero attached hydrogens (tertiary/aromatic N) is 3. The molecule has 4 nitrogen and oxygen atoms in total. The first kappa shape index (κ1) is 14.6. The van der Waals surface area contributed by atoms with Gasteiger partial charge in [-0.2, -0.15) is 0 Å². The summed E-state index contributed by atoms with van der Waals surface area (Å²) in [6.45, 7) is 0. The normalized spacial score (nSPS) is 10.9. The molecule has 2 aromatic carbocycles. The molecule has 0 aliphatic heterocycles. The Labute approximate surface area is 143 Å². The minimum absolute atomic E-state index is 0.124. The molecule has 0 amide bonds. The van der Waals surface area contributed by atoms with Gasteiger partial charge in [0.25, 0.3) is 0 Å². The molecule has 0 spiro atoms. The first-order valence-corrected chi connectivity index (χ1v) is 7.80. The van der Waals surface area contributed by atoms with Crippen LogP contribution in [0, 0.1) is 0 Å². The molecule has 5 heteroatoms. The second-order valence-electron chi connectivity index (χ2n) is 5.31. The van der Waals surface area contributed by atoms with Crippen LogP contribution < -0.4 is 0 Å². The van der Waals surface area contributed by atoms with Crippen molar-refractivity contribution in [2.45, 2.75) is 0 Å². The molecule has 0 unspecified atom stereocenters. The lowest BCUT2D eigenvalue weighted by molar-refractivity contribution is 0.103. The van der Waals surface area contributed by atoms with Gasteiger partial charge in [-0.05, 0) is 30.3 Å². The second-order valence-corrected chi connectivity index (χ2v) is 5.75. The number of halogens is 1. The third-order valence-electron chi connectivity index (χ3n) is 3.78. The van der Waals surface area contributed by atoms with Crippen molar-refractivity contribution in [2.75, 3.05) is 0 Å². The second kappa shape index (κ2) is 5.91. The summed E-state index contributed by atoms with van der Waals surface area (Å²) < 4.78 is 1.78. The zero-order chi connectivity index (χ0) is 16.5. The predicted octanol–water partition coefficient (Wildman–Crippen LogP) is 4.30. The van der Waals surface area contributed by atoms with Crippen LogP contribution in [0.1, 0.15) is 16.1 Å². The van der Waals surface area contributed by atoms with Crippen molar-refractivity contribution in [1.82, 2.24) is 14.5 Å². The lowest BCUT2D eigenvalue weighted by Gasteiger charge is -2.08. The van der Waals surface area contributed by atoms with E-state index in [4.69, 9.17) is 11.6 Å². The van der Waals surface area contributed by atoms with E-state index in [0.29, 0.717) is 22.2 Å². The maximum absolute atomic E-state index is 13.0. The van der Waals surface area contributed by atoms with E-state index in [2.05, 4.69) is 9.97 Å². The maximum atomic E-state index is 13.0. The van der Waals surface area contributed by atoms with Gasteiger partial charge in [0.05, 0.1) is 11.2 Å². The fraction of sp³-hybridized carbons (Fsp3) is 0. The summed E-state index contributed by atoms with van der Waals surface area (Å²) in [5.74, 6) is 0.338. The third kappa shape index (κ3) is 2.47. The molecule has 24 heavy (non-hydrogen) atoms. The Morgan fingerprint density at radius 3 is 2.50 bits per heavy atom. The van der Waals surface area contributed by atoms with Crippen molar-refractivity contribution in [3.8, 4) is 5.95 Å². The largest absolute Gasteiger partial charge is 0.287 e. The number of rotatable bonds is 3. The van der Waals surface area contributed by atoms with E-state index in [1.807, 2.05) is 30.3 Å². The Balaban J connectivity index is 1.97. The summed E-state index contributed by atoms with van der Waals surface area (Å²) >= 11 is 6.03. The van der Waals surface area contributed by atoms with Gasteiger partial charge in [-0.3, -0.25) is 9.36 Å². The number of carbonyl (C=O) groups excluding carboxylic acids is 1. The molecule has 4 aromatic rings. The smallest absolute Gasteiger partial charge is 0.234 e. The molecule has 2 heterocycles. The summed E-state index contributed by atoms with van der Waals surface area (Å²) in [5.41, 5.74) is 1.92. The summed E-state index contributed by atoms with van der Waals surface area (Å²) in [6.07, 6.45) is 3.31. The minimum atomic E-state index is -0.124. The van der Waals surface area contributed by atoms with Crippen LogP contribution in [0.2, 0.25) is 5.02 Å². The lowest BCUT2D eigenvalue weighted by Crippen LogP contribution is -2.11. The molecule has 0 N–H and O–H groups in total. The number of ketones is 1. The summed E-state index contributed by atoms with van der Waals surface area (Å²) in [7, 11) is 0. The monoisotopic (exact) mass is 333 g/mol. The Hall–Kier alpha value is -2.98. The van der Waals surface area contributed by atoms with Crippen LogP contribution in [0.5, 0.6) is 0 Å². The van der Waals surface area contributed by atoms with E-state index < -0.39 is 0 Å². The molecule has 0 bridgehead atoms. The molecule has 0 saturated carbocycles. The molecule has 0 aliphatic rings. The van der Waals surface area contributed by atoms with Crippen LogP contribution in [-0.4, -0.2) is 20.3 Å². The SMILES string of the molecule is O=C(c1cccc(Cl)c1)c1cc2ccccc2n1-c1ncccn1. The van der Waals surface area contributed by atoms with Gasteiger partial charge in [0.1, 0.15) is 0 Å². The standard InChI is InChI=1S/C19H12ClN3O/c20-15-7-3-6-14(11-15)18(24)17-12-13-5-1-2-8-16(13)23(17)19-21-9-4-10-22-19/h1-12H. The molecule has 0 aliphatic carbocycles. The Morgan fingerprint density at radius 1 is 0.917 bits per heavy atom. The number of para-hydroxylation sites is 1. The number of aromatic nitrogens is 3. The highest BCUT2D eigenvalue weighted by atomic mass is 35.5. The van der Waals surface area contributed by atoms with E-state index in [-0.39, 0.29) is 5.78 Å². The van der Waals surface area contributed by atoms with E-state index in [1.54, 1.807) is 47.3 Å². The highest BCUT2D eigenvalue weighted by molar-refractivity contribution is 6.31. The van der Waals surface area contributed by atoms with Gasteiger partial charge in [0, 0.05) is 28.4 Å². The van der Waals surface area contributed by atoms with Crippen molar-refractivity contribution >= 4 is 28.3 Å². The molecular weight excluding hydrogens is 322 g/mol. The van der Waals surface area contributed by atoms with Gasteiger partial charge in [-0.1, -0.05) is 41.9 Å². The number of benzene rings is 2. The van der Waals surface area contributed by atoms with Crippen LogP contribution in [-0.2, 0) is 0 Å². The van der Waals surface area contributed by atoms with Crippen LogP contribution in [0.3, 0.4) is 0 Å². The Bertz CT molecular complexity index is 1040. The topological polar surface area (TPSA) is 47.8 Å². The number of carbonyl (C=O) groups is 1. The average molecular weight is 334 g/mol. The molecule has 0 saturated heterocycles. The molecule has 116 valence electrons. The first-order valence-electron chi connectivity index (χ1n) is 7.42. The quantitative estimate of drug-likeness (QED) is 0.525. The minimum Gasteiger partial charge on any atom is -0.287 e. The van der Waals surface area contributed by atoms with E-state index in [1.165, 1.54) is 0 Å². The maximum Gasteiger partial charge on any atom is 0.234 e. The van der Waals surface area contributed by atoms with Crippen LogP contribution in [0.25, 0.3) is 16.9 Å². The molecular formula is C19H12ClN3O. The summed E-state index contributed by atoms with van der Waals surface area (Å²) in [5, 5.41) is 1.48. The Morgan fingerprint density at radius 2 is 1.71 bits per heavy atom. The van der Waals surface area contributed by atoms with Gasteiger partial charge >= 0.3 is 0 Å². The lowest BCUT2D eigenvalue weighted by atomic mass is 10.1. The highest BCUT2D eigenvalue weighted by Gasteiger charge is 2.19. The summed E-state index contributed by atoms with van der Waals surface area (Å²) in [6, 6.07) is 18.3. The molecule has 0 fully saturated rings. The van der Waals surface area contributed by atoms with Crippen molar-refractivity contribution in [3.63, 3.8) is 0 Å². The fourth-order valence-corrected chi connectivity index (χ4v) is 2.91. The van der Waals surface area contributed by atoms with Crippen molar-refractivity contribution < 1.29 is 4.79 Å². The van der Waals surface area contributed by atoms with Crippen LogP contribution in [0.4, 0.5) is 0 Å². The Kier molecular flexibility index (Phi) is 3.59. The molecule has 0 atom stereocenters. The third-order valence-corrected chi connectivity index (χ3v) is 4.02. The van der Waals surface area contributed by atoms with Gasteiger partial charge in [-0.15, -0.1) is 0 Å². The van der Waals surface area contributed by atoms with Gasteiger partial charge in [0.2, 0.25) is 11.7 Å². The zero-order valence-electron chi connectivity index (χ0n) is 12.6. The molecule has 2 aromatic heterocycles. The number of hydrogen-bond donors (Lipinski definition) is 0. The van der Waals surface area contributed by atoms with Crippen molar-refractivity contribution in [3.05, 3.63) is 89.3 Å². The van der Waals surface area contributed by atoms with Gasteiger partial charge < -0.3 is 0 Å². The molecule has 4 rings (SSSR count). The van der Waals surface area contributed by atoms with Gasteiger partial charge in [0.15, 0.2) is 0 Å². The highest BCUT2D eigenvalue weighted by Crippen LogP contribution is 2.25. The van der Waals surface area contributed by atoms with E-state index in [0.717, 1.165) is 10.9 Å². The predicted molar refractivity (Wildman–Crippen MR) is 93.7 cm³/mol. The van der Waals surface area contributed by atoms with Crippen LogP contribution >= 0.6 is 11.6 Å². The first-order chi connectivity index (χ1) is 11.7. The fourth-order valence-electron chi connectivity index (χ4n) is 2.72. The zero-order valence-corrected chi connectivity index (χ0v) is 13.3. The van der Waals surface area contributed by atoms with Crippen molar-refractivity contribution in [2.24, 2.45) is 0 Å². The van der Waals surface area contributed by atoms with Crippen molar-refractivity contribution in [1.29, 1.82) is 0 Å². The van der Waals surface area contributed by atoms with Gasteiger partial charge in [-0.25, -0.2) is 9.97 Å². The number of fused-ring (bicyclic) bond motifs is 1.